The van der Waals surface area contributed by atoms with Gasteiger partial charge in [-0.1, -0.05) is 0 Å². The van der Waals surface area contributed by atoms with Crippen LogP contribution in [-0.4, -0.2) is 18.0 Å². The maximum Gasteiger partial charge on any atom is 0.230 e. The van der Waals surface area contributed by atoms with Crippen LogP contribution in [0.5, 0.6) is 5.88 Å². The number of nitrogens with zero attached hydrogens (tertiary/aromatic N) is 1. The molecule has 2 rings (SSSR count). The van der Waals surface area contributed by atoms with E-state index in [9.17, 15) is 4.79 Å². The quantitative estimate of drug-likeness (QED) is 0.809. The van der Waals surface area contributed by atoms with Crippen molar-refractivity contribution in [3.8, 4) is 5.88 Å². The van der Waals surface area contributed by atoms with E-state index in [1.165, 1.54) is 7.11 Å². The minimum Gasteiger partial charge on any atom is -0.480 e. The van der Waals surface area contributed by atoms with Gasteiger partial charge in [-0.15, -0.1) is 0 Å². The van der Waals surface area contributed by atoms with Crippen molar-refractivity contribution >= 4 is 27.7 Å². The van der Waals surface area contributed by atoms with Gasteiger partial charge in [0.2, 0.25) is 11.8 Å². The van der Waals surface area contributed by atoms with Gasteiger partial charge in [-0.05, 0) is 22.0 Å². The molecule has 1 aromatic heterocycles. The number of carbonyl (C=O) groups is 1. The molecular formula is C8H7BrN2O2. The number of methoxy groups -OCH3 is 1. The molecule has 1 aliphatic rings. The van der Waals surface area contributed by atoms with Crippen LogP contribution in [0.4, 0.5) is 5.82 Å². The lowest BCUT2D eigenvalue weighted by atomic mass is 10.2. The third-order valence-electron chi connectivity index (χ3n) is 1.82. The van der Waals surface area contributed by atoms with E-state index in [-0.39, 0.29) is 5.91 Å². The summed E-state index contributed by atoms with van der Waals surface area (Å²) in [6.07, 6.45) is 0.394. The van der Waals surface area contributed by atoms with E-state index in [4.69, 9.17) is 4.74 Å². The van der Waals surface area contributed by atoms with E-state index >= 15 is 0 Å². The molecule has 0 aromatic carbocycles. The Balaban J connectivity index is 2.50. The summed E-state index contributed by atoms with van der Waals surface area (Å²) in [4.78, 5) is 15.1. The molecule has 0 saturated heterocycles. The van der Waals surface area contributed by atoms with Gasteiger partial charge in [0.05, 0.1) is 18.0 Å². The molecule has 0 unspecified atom stereocenters. The molecule has 5 heteroatoms. The number of anilines is 1. The number of pyridine rings is 1. The van der Waals surface area contributed by atoms with Crippen molar-refractivity contribution in [1.82, 2.24) is 4.98 Å². The second-order valence-corrected chi connectivity index (χ2v) is 3.57. The van der Waals surface area contributed by atoms with Gasteiger partial charge in [0, 0.05) is 5.56 Å². The Morgan fingerprint density at radius 2 is 2.46 bits per heavy atom. The smallest absolute Gasteiger partial charge is 0.230 e. The minimum atomic E-state index is -0.0253. The van der Waals surface area contributed by atoms with E-state index in [1.54, 1.807) is 0 Å². The highest BCUT2D eigenvalue weighted by atomic mass is 79.9. The zero-order valence-electron chi connectivity index (χ0n) is 6.93. The second kappa shape index (κ2) is 2.99. The van der Waals surface area contributed by atoms with E-state index in [0.717, 1.165) is 10.0 Å². The highest BCUT2D eigenvalue weighted by Gasteiger charge is 2.20. The summed E-state index contributed by atoms with van der Waals surface area (Å²) < 4.78 is 5.76. The second-order valence-electron chi connectivity index (χ2n) is 2.71. The van der Waals surface area contributed by atoms with Crippen molar-refractivity contribution in [2.24, 2.45) is 0 Å². The van der Waals surface area contributed by atoms with Crippen LogP contribution in [0.3, 0.4) is 0 Å². The summed E-state index contributed by atoms with van der Waals surface area (Å²) in [5.74, 6) is 1.06. The van der Waals surface area contributed by atoms with Gasteiger partial charge in [-0.25, -0.2) is 0 Å². The summed E-state index contributed by atoms with van der Waals surface area (Å²) in [6, 6.07) is 1.85. The lowest BCUT2D eigenvalue weighted by molar-refractivity contribution is -0.115. The summed E-state index contributed by atoms with van der Waals surface area (Å²) in [6.45, 7) is 0. The molecule has 0 fully saturated rings. The fourth-order valence-corrected chi connectivity index (χ4v) is 1.77. The zero-order valence-corrected chi connectivity index (χ0v) is 8.51. The molecule has 1 aliphatic heterocycles. The number of hydrogen-bond donors (Lipinski definition) is 1. The first kappa shape index (κ1) is 8.50. The molecule has 1 N–H and O–H groups in total. The van der Waals surface area contributed by atoms with Crippen LogP contribution in [0.25, 0.3) is 0 Å². The maximum atomic E-state index is 11.0. The molecule has 0 spiro atoms. The molecular weight excluding hydrogens is 236 g/mol. The Hall–Kier alpha value is -1.10. The van der Waals surface area contributed by atoms with Gasteiger partial charge in [0.1, 0.15) is 5.82 Å². The fraction of sp³-hybridized carbons (Fsp3) is 0.250. The lowest BCUT2D eigenvalue weighted by Crippen LogP contribution is -2.04. The molecule has 0 saturated carbocycles. The van der Waals surface area contributed by atoms with Crippen molar-refractivity contribution in [2.75, 3.05) is 12.4 Å². The monoisotopic (exact) mass is 242 g/mol. The molecule has 1 amide bonds. The van der Waals surface area contributed by atoms with Gasteiger partial charge in [-0.2, -0.15) is 4.98 Å². The van der Waals surface area contributed by atoms with Crippen molar-refractivity contribution < 1.29 is 9.53 Å². The van der Waals surface area contributed by atoms with E-state index in [1.807, 2.05) is 6.07 Å². The van der Waals surface area contributed by atoms with Gasteiger partial charge in [0.25, 0.3) is 0 Å². The van der Waals surface area contributed by atoms with Crippen LogP contribution in [0.15, 0.2) is 10.5 Å². The number of rotatable bonds is 1. The Morgan fingerprint density at radius 3 is 3.15 bits per heavy atom. The Kier molecular flexibility index (Phi) is 1.95. The molecule has 2 heterocycles. The topological polar surface area (TPSA) is 51.2 Å². The third kappa shape index (κ3) is 1.39. The zero-order chi connectivity index (χ0) is 9.42. The number of nitrogens with one attached hydrogen (secondary N) is 1. The largest absolute Gasteiger partial charge is 0.480 e. The molecule has 13 heavy (non-hydrogen) atoms. The number of carbonyl (C=O) groups excluding carboxylic acids is 1. The maximum absolute atomic E-state index is 11.0. The standard InChI is InChI=1S/C8H7BrN2O2/c1-13-8-5(9)2-4-3-6(12)10-7(4)11-8/h2H,3H2,1H3,(H,10,11,12). The predicted octanol–water partition coefficient (Wildman–Crippen LogP) is 1.35. The van der Waals surface area contributed by atoms with Crippen LogP contribution < -0.4 is 10.1 Å². The average Bonchev–Trinajstić information content (AvgIpc) is 2.42. The summed E-state index contributed by atoms with van der Waals surface area (Å²) in [7, 11) is 1.54. The minimum absolute atomic E-state index is 0.0253. The van der Waals surface area contributed by atoms with E-state index in [0.29, 0.717) is 18.1 Å². The number of hydrogen-bond acceptors (Lipinski definition) is 3. The molecule has 0 radical (unpaired) electrons. The van der Waals surface area contributed by atoms with Crippen LogP contribution in [0.1, 0.15) is 5.56 Å². The molecule has 68 valence electrons. The Bertz CT molecular complexity index is 379. The van der Waals surface area contributed by atoms with Crippen molar-refractivity contribution in [2.45, 2.75) is 6.42 Å². The van der Waals surface area contributed by atoms with Crippen LogP contribution in [-0.2, 0) is 11.2 Å². The highest BCUT2D eigenvalue weighted by molar-refractivity contribution is 9.10. The van der Waals surface area contributed by atoms with Crippen molar-refractivity contribution in [1.29, 1.82) is 0 Å². The van der Waals surface area contributed by atoms with Gasteiger partial charge in [0.15, 0.2) is 0 Å². The number of amides is 1. The predicted molar refractivity (Wildman–Crippen MR) is 50.8 cm³/mol. The first-order valence-electron chi connectivity index (χ1n) is 3.74. The Labute approximate surface area is 83.4 Å². The van der Waals surface area contributed by atoms with Crippen molar-refractivity contribution in [3.63, 3.8) is 0 Å². The molecule has 4 nitrogen and oxygen atoms in total. The number of fused-ring (bicyclic) bond motifs is 1. The van der Waals surface area contributed by atoms with Gasteiger partial charge in [-0.3, -0.25) is 4.79 Å². The normalized spacial score (nSPS) is 13.8. The van der Waals surface area contributed by atoms with E-state index in [2.05, 4.69) is 26.2 Å². The molecule has 1 aromatic rings. The molecule has 0 aliphatic carbocycles. The number of ether oxygens (including phenoxy) is 1. The number of aromatic nitrogens is 1. The third-order valence-corrected chi connectivity index (χ3v) is 2.39. The molecule has 0 bridgehead atoms. The lowest BCUT2D eigenvalue weighted by Gasteiger charge is -2.03. The summed E-state index contributed by atoms with van der Waals surface area (Å²) in [5.41, 5.74) is 0.901. The van der Waals surface area contributed by atoms with Gasteiger partial charge >= 0.3 is 0 Å². The van der Waals surface area contributed by atoms with Crippen LogP contribution >= 0.6 is 15.9 Å². The van der Waals surface area contributed by atoms with Gasteiger partial charge < -0.3 is 10.1 Å². The highest BCUT2D eigenvalue weighted by Crippen LogP contribution is 2.30. The number of halogens is 1. The summed E-state index contributed by atoms with van der Waals surface area (Å²) >= 11 is 3.30. The fourth-order valence-electron chi connectivity index (χ4n) is 1.25. The summed E-state index contributed by atoms with van der Waals surface area (Å²) in [5, 5.41) is 2.65. The first-order valence-corrected chi connectivity index (χ1v) is 4.53. The van der Waals surface area contributed by atoms with Crippen molar-refractivity contribution in [3.05, 3.63) is 16.1 Å². The van der Waals surface area contributed by atoms with E-state index < -0.39 is 0 Å². The van der Waals surface area contributed by atoms with Crippen LogP contribution in [0, 0.1) is 0 Å². The Morgan fingerprint density at radius 1 is 1.69 bits per heavy atom. The molecule has 0 atom stereocenters. The SMILES string of the molecule is COc1nc2c(cc1Br)CC(=O)N2. The average molecular weight is 243 g/mol. The van der Waals surface area contributed by atoms with Crippen LogP contribution in [0.2, 0.25) is 0 Å². The first-order chi connectivity index (χ1) is 6.20.